The highest BCUT2D eigenvalue weighted by molar-refractivity contribution is 5.91. The van der Waals surface area contributed by atoms with E-state index < -0.39 is 0 Å². The summed E-state index contributed by atoms with van der Waals surface area (Å²) in [5, 5.41) is 3.17. The van der Waals surface area contributed by atoms with E-state index in [2.05, 4.69) is 29.3 Å². The Kier molecular flexibility index (Phi) is 4.00. The van der Waals surface area contributed by atoms with E-state index in [0.717, 1.165) is 44.3 Å². The monoisotopic (exact) mass is 354 g/mol. The molecule has 5 rings (SSSR count). The van der Waals surface area contributed by atoms with Crippen molar-refractivity contribution in [3.8, 4) is 0 Å². The van der Waals surface area contributed by atoms with E-state index in [0.29, 0.717) is 23.0 Å². The lowest BCUT2D eigenvalue weighted by atomic mass is 9.89. The van der Waals surface area contributed by atoms with Crippen LogP contribution in [0.3, 0.4) is 0 Å². The molecule has 2 saturated carbocycles. The van der Waals surface area contributed by atoms with Gasteiger partial charge in [0, 0.05) is 25.1 Å². The number of nitrogens with zero attached hydrogens (tertiary/aromatic N) is 1. The van der Waals surface area contributed by atoms with Crippen molar-refractivity contribution in [2.24, 2.45) is 23.2 Å². The van der Waals surface area contributed by atoms with Gasteiger partial charge in [0.05, 0.1) is 0 Å². The number of carbonyl (C=O) groups excluding carboxylic acids is 1. The van der Waals surface area contributed by atoms with Crippen molar-refractivity contribution in [3.05, 3.63) is 35.3 Å². The minimum Gasteiger partial charge on any atom is -0.456 e. The molecule has 1 aromatic heterocycles. The average Bonchev–Trinajstić information content (AvgIpc) is 2.96. The van der Waals surface area contributed by atoms with Crippen LogP contribution in [0.2, 0.25) is 0 Å². The number of likely N-dealkylation sites (tertiary alicyclic amines) is 1. The van der Waals surface area contributed by atoms with Crippen molar-refractivity contribution in [1.82, 2.24) is 10.2 Å². The Morgan fingerprint density at radius 2 is 2.12 bits per heavy atom. The van der Waals surface area contributed by atoms with E-state index in [9.17, 15) is 4.79 Å². The lowest BCUT2D eigenvalue weighted by molar-refractivity contribution is 0.0914. The highest BCUT2D eigenvalue weighted by atomic mass is 16.4. The number of allylic oxidation sites excluding steroid dienone is 2. The fourth-order valence-electron chi connectivity index (χ4n) is 5.86. The molecular weight excluding hydrogens is 324 g/mol. The first-order valence-corrected chi connectivity index (χ1v) is 10.5. The average molecular weight is 354 g/mol. The molecular formula is C22H30N2O2. The van der Waals surface area contributed by atoms with Gasteiger partial charge in [0.25, 0.3) is 5.91 Å². The van der Waals surface area contributed by atoms with Crippen LogP contribution in [0.15, 0.2) is 22.6 Å². The molecule has 3 fully saturated rings. The molecule has 1 aliphatic heterocycles. The normalized spacial score (nSPS) is 31.2. The highest BCUT2D eigenvalue weighted by Gasteiger charge is 2.62. The number of nitrogens with one attached hydrogen (secondary N) is 1. The summed E-state index contributed by atoms with van der Waals surface area (Å²) in [6.07, 6.45) is 12.3. The van der Waals surface area contributed by atoms with E-state index >= 15 is 0 Å². The molecule has 3 atom stereocenters. The van der Waals surface area contributed by atoms with Crippen LogP contribution in [0.5, 0.6) is 0 Å². The summed E-state index contributed by atoms with van der Waals surface area (Å²) in [4.78, 5) is 15.1. The van der Waals surface area contributed by atoms with E-state index in [-0.39, 0.29) is 5.91 Å². The van der Waals surface area contributed by atoms with Gasteiger partial charge in [0.1, 0.15) is 5.76 Å². The Morgan fingerprint density at radius 3 is 2.81 bits per heavy atom. The van der Waals surface area contributed by atoms with Crippen LogP contribution in [-0.2, 0) is 13.0 Å². The van der Waals surface area contributed by atoms with Crippen molar-refractivity contribution in [1.29, 1.82) is 0 Å². The van der Waals surface area contributed by atoms with Crippen LogP contribution < -0.4 is 5.32 Å². The lowest BCUT2D eigenvalue weighted by Gasteiger charge is -2.19. The van der Waals surface area contributed by atoms with Crippen LogP contribution in [0.4, 0.5) is 0 Å². The third-order valence-corrected chi connectivity index (χ3v) is 7.40. The summed E-state index contributed by atoms with van der Waals surface area (Å²) < 4.78 is 5.91. The fraction of sp³-hybridized carbons (Fsp3) is 0.682. The number of rotatable bonds is 6. The molecule has 0 unspecified atom stereocenters. The quantitative estimate of drug-likeness (QED) is 0.791. The van der Waals surface area contributed by atoms with Crippen LogP contribution in [-0.4, -0.2) is 30.4 Å². The molecule has 0 radical (unpaired) electrons. The summed E-state index contributed by atoms with van der Waals surface area (Å²) in [5.41, 5.74) is 1.79. The van der Waals surface area contributed by atoms with Gasteiger partial charge < -0.3 is 9.73 Å². The van der Waals surface area contributed by atoms with Crippen molar-refractivity contribution in [2.45, 2.75) is 52.0 Å². The fourth-order valence-corrected chi connectivity index (χ4v) is 5.86. The largest absolute Gasteiger partial charge is 0.456 e. The first kappa shape index (κ1) is 16.6. The molecule has 0 aromatic carbocycles. The molecule has 140 valence electrons. The number of hydrogen-bond acceptors (Lipinski definition) is 3. The van der Waals surface area contributed by atoms with Crippen molar-refractivity contribution < 1.29 is 9.21 Å². The van der Waals surface area contributed by atoms with Crippen LogP contribution in [0.1, 0.15) is 60.9 Å². The summed E-state index contributed by atoms with van der Waals surface area (Å²) >= 11 is 0. The maximum atomic E-state index is 12.7. The van der Waals surface area contributed by atoms with Gasteiger partial charge in [-0.15, -0.1) is 0 Å². The maximum absolute atomic E-state index is 12.7. The number of furan rings is 1. The minimum atomic E-state index is -0.0380. The summed E-state index contributed by atoms with van der Waals surface area (Å²) in [6.45, 7) is 6.13. The molecule has 3 aliphatic carbocycles. The number of amides is 1. The van der Waals surface area contributed by atoms with E-state index in [1.807, 2.05) is 6.07 Å². The second-order valence-electron chi connectivity index (χ2n) is 8.85. The number of aryl methyl sites for hydroxylation is 1. The maximum Gasteiger partial charge on any atom is 0.287 e. The SMILES string of the molecule is CCc1oc(C(=O)NC[C@H]2C[C@H]3C=C[C@H]2C32CC2)cc1CN1CCCC1. The lowest BCUT2D eigenvalue weighted by Crippen LogP contribution is -2.31. The van der Waals surface area contributed by atoms with Gasteiger partial charge in [-0.05, 0) is 74.4 Å². The second kappa shape index (κ2) is 6.26. The molecule has 1 aromatic rings. The highest BCUT2D eigenvalue weighted by Crippen LogP contribution is 2.69. The number of hydrogen-bond donors (Lipinski definition) is 1. The van der Waals surface area contributed by atoms with E-state index in [1.54, 1.807) is 0 Å². The van der Waals surface area contributed by atoms with Gasteiger partial charge in [-0.2, -0.15) is 0 Å². The zero-order valence-corrected chi connectivity index (χ0v) is 15.8. The van der Waals surface area contributed by atoms with Crippen molar-refractivity contribution >= 4 is 5.91 Å². The molecule has 1 saturated heterocycles. The van der Waals surface area contributed by atoms with Gasteiger partial charge in [-0.1, -0.05) is 19.1 Å². The van der Waals surface area contributed by atoms with Crippen LogP contribution in [0.25, 0.3) is 0 Å². The molecule has 4 heteroatoms. The van der Waals surface area contributed by atoms with Gasteiger partial charge in [0.15, 0.2) is 5.76 Å². The van der Waals surface area contributed by atoms with Gasteiger partial charge in [0.2, 0.25) is 0 Å². The topological polar surface area (TPSA) is 45.5 Å². The minimum absolute atomic E-state index is 0.0380. The van der Waals surface area contributed by atoms with E-state index in [1.165, 1.54) is 37.7 Å². The summed E-state index contributed by atoms with van der Waals surface area (Å²) in [7, 11) is 0. The van der Waals surface area contributed by atoms with Crippen molar-refractivity contribution in [2.75, 3.05) is 19.6 Å². The molecule has 1 amide bonds. The first-order chi connectivity index (χ1) is 12.7. The molecule has 1 spiro atoms. The Balaban J connectivity index is 1.21. The second-order valence-corrected chi connectivity index (χ2v) is 8.85. The standard InChI is InChI=1S/C22H30N2O2/c1-2-19-16(14-24-9-3-4-10-24)12-20(26-19)21(25)23-13-15-11-17-5-6-18(15)22(17)7-8-22/h5-6,12,15,17-18H,2-4,7-11,13-14H2,1H3,(H,23,25)/t15-,17-,18-/m1/s1. The first-order valence-electron chi connectivity index (χ1n) is 10.5. The predicted octanol–water partition coefficient (Wildman–Crippen LogP) is 3.77. The molecule has 4 nitrogen and oxygen atoms in total. The van der Waals surface area contributed by atoms with Crippen molar-refractivity contribution in [3.63, 3.8) is 0 Å². The molecule has 1 N–H and O–H groups in total. The van der Waals surface area contributed by atoms with Crippen LogP contribution >= 0.6 is 0 Å². The third kappa shape index (κ3) is 2.65. The molecule has 4 aliphatic rings. The Hall–Kier alpha value is -1.55. The Morgan fingerprint density at radius 1 is 1.31 bits per heavy atom. The smallest absolute Gasteiger partial charge is 0.287 e. The predicted molar refractivity (Wildman–Crippen MR) is 101 cm³/mol. The molecule has 2 bridgehead atoms. The zero-order chi connectivity index (χ0) is 17.7. The number of carbonyl (C=O) groups is 1. The molecule has 26 heavy (non-hydrogen) atoms. The van der Waals surface area contributed by atoms with Gasteiger partial charge in [-0.25, -0.2) is 0 Å². The Labute approximate surface area is 156 Å². The van der Waals surface area contributed by atoms with Gasteiger partial charge in [-0.3, -0.25) is 9.69 Å². The summed E-state index contributed by atoms with van der Waals surface area (Å²) in [6, 6.07) is 1.98. The van der Waals surface area contributed by atoms with Gasteiger partial charge >= 0.3 is 0 Å². The third-order valence-electron chi connectivity index (χ3n) is 7.40. The van der Waals surface area contributed by atoms with E-state index in [4.69, 9.17) is 4.42 Å². The summed E-state index contributed by atoms with van der Waals surface area (Å²) in [5.74, 6) is 3.51. The van der Waals surface area contributed by atoms with Crippen LogP contribution in [0, 0.1) is 23.2 Å². The molecule has 2 heterocycles. The zero-order valence-electron chi connectivity index (χ0n) is 15.8. The Bertz CT molecular complexity index is 725.